The molecule has 2 aromatic heterocycles. The van der Waals surface area contributed by atoms with Gasteiger partial charge in [0.25, 0.3) is 5.56 Å². The van der Waals surface area contributed by atoms with Gasteiger partial charge < -0.3 is 10.0 Å². The Kier molecular flexibility index (Phi) is 6.45. The maximum Gasteiger partial charge on any atom is 0.253 e. The molecular weight excluding hydrogens is 412 g/mol. The van der Waals surface area contributed by atoms with Crippen molar-refractivity contribution >= 4 is 6.08 Å². The summed E-state index contributed by atoms with van der Waals surface area (Å²) in [5.74, 6) is 0.911. The van der Waals surface area contributed by atoms with Crippen molar-refractivity contribution in [3.8, 4) is 16.9 Å². The summed E-state index contributed by atoms with van der Waals surface area (Å²) < 4.78 is 1.58. The van der Waals surface area contributed by atoms with E-state index in [9.17, 15) is 9.90 Å². The van der Waals surface area contributed by atoms with Crippen LogP contribution in [0.25, 0.3) is 17.2 Å². The van der Waals surface area contributed by atoms with Crippen molar-refractivity contribution < 1.29 is 5.11 Å². The molecule has 4 rings (SSSR count). The summed E-state index contributed by atoms with van der Waals surface area (Å²) in [4.78, 5) is 23.8. The van der Waals surface area contributed by atoms with Crippen LogP contribution in [0.5, 0.6) is 5.75 Å². The van der Waals surface area contributed by atoms with Gasteiger partial charge in [-0.15, -0.1) is 0 Å². The topological polar surface area (TPSA) is 71.2 Å². The number of aryl methyl sites for hydroxylation is 1. The quantitative estimate of drug-likeness (QED) is 0.584. The van der Waals surface area contributed by atoms with E-state index >= 15 is 0 Å². The Morgan fingerprint density at radius 1 is 1.24 bits per heavy atom. The van der Waals surface area contributed by atoms with Crippen LogP contribution in [-0.2, 0) is 20.0 Å². The van der Waals surface area contributed by atoms with Crippen LogP contribution in [0.3, 0.4) is 0 Å². The number of rotatable bonds is 5. The van der Waals surface area contributed by atoms with E-state index in [0.717, 1.165) is 59.6 Å². The number of aromatic hydroxyl groups is 1. The summed E-state index contributed by atoms with van der Waals surface area (Å²) in [6.45, 7) is 7.65. The number of hydrogen-bond acceptors (Lipinski definition) is 5. The van der Waals surface area contributed by atoms with Crippen molar-refractivity contribution in [1.29, 1.82) is 0 Å². The van der Waals surface area contributed by atoms with Crippen molar-refractivity contribution in [2.45, 2.75) is 40.2 Å². The number of nitrogens with zero attached hydrogens (tertiary/aromatic N) is 4. The van der Waals surface area contributed by atoms with Gasteiger partial charge in [-0.05, 0) is 49.6 Å². The second kappa shape index (κ2) is 9.45. The van der Waals surface area contributed by atoms with Gasteiger partial charge in [0.05, 0.1) is 0 Å². The zero-order valence-corrected chi connectivity index (χ0v) is 19.7. The summed E-state index contributed by atoms with van der Waals surface area (Å²) in [5, 5.41) is 10.3. The fraction of sp³-hybridized carbons (Fsp3) is 0.296. The Hall–Kier alpha value is -3.67. The van der Waals surface area contributed by atoms with Crippen LogP contribution < -0.4 is 5.56 Å². The number of hydrogen-bond donors (Lipinski definition) is 1. The lowest BCUT2D eigenvalue weighted by Crippen LogP contribution is -2.31. The van der Waals surface area contributed by atoms with Crippen molar-refractivity contribution in [3.05, 3.63) is 93.1 Å². The predicted molar refractivity (Wildman–Crippen MR) is 132 cm³/mol. The maximum absolute atomic E-state index is 12.2. The summed E-state index contributed by atoms with van der Waals surface area (Å²) in [6, 6.07) is 11.0. The van der Waals surface area contributed by atoms with Gasteiger partial charge in [-0.2, -0.15) is 0 Å². The number of pyridine rings is 1. The molecule has 1 aliphatic rings. The summed E-state index contributed by atoms with van der Waals surface area (Å²) in [6.07, 6.45) is 7.82. The zero-order valence-electron chi connectivity index (χ0n) is 19.7. The summed E-state index contributed by atoms with van der Waals surface area (Å²) in [7, 11) is 1.75. The molecule has 1 aromatic carbocycles. The van der Waals surface area contributed by atoms with Crippen LogP contribution in [-0.4, -0.2) is 31.1 Å². The lowest BCUT2D eigenvalue weighted by Gasteiger charge is -2.33. The fourth-order valence-electron chi connectivity index (χ4n) is 4.30. The number of aromatic nitrogens is 3. The van der Waals surface area contributed by atoms with E-state index in [2.05, 4.69) is 35.9 Å². The van der Waals surface area contributed by atoms with E-state index in [-0.39, 0.29) is 11.3 Å². The highest BCUT2D eigenvalue weighted by Gasteiger charge is 2.21. The molecular formula is C27H30N4O2. The Bertz CT molecular complexity index is 1300. The first-order valence-corrected chi connectivity index (χ1v) is 11.3. The lowest BCUT2D eigenvalue weighted by atomic mass is 9.98. The number of phenols is 1. The van der Waals surface area contributed by atoms with Crippen LogP contribution in [0, 0.1) is 6.92 Å². The molecule has 0 radical (unpaired) electrons. The minimum absolute atomic E-state index is 0.0581. The monoisotopic (exact) mass is 442 g/mol. The third-order valence-corrected chi connectivity index (χ3v) is 6.04. The molecule has 0 spiro atoms. The molecule has 1 aliphatic heterocycles. The molecule has 3 heterocycles. The van der Waals surface area contributed by atoms with Crippen LogP contribution >= 0.6 is 0 Å². The van der Waals surface area contributed by atoms with Gasteiger partial charge in [0, 0.05) is 67.0 Å². The molecule has 0 saturated carbocycles. The molecule has 0 aliphatic carbocycles. The maximum atomic E-state index is 12.2. The molecule has 6 nitrogen and oxygen atoms in total. The van der Waals surface area contributed by atoms with E-state index in [4.69, 9.17) is 4.98 Å². The average Bonchev–Trinajstić information content (AvgIpc) is 2.80. The minimum Gasteiger partial charge on any atom is -0.507 e. The lowest BCUT2D eigenvalue weighted by molar-refractivity contribution is 0.324. The van der Waals surface area contributed by atoms with Crippen molar-refractivity contribution in [3.63, 3.8) is 0 Å². The molecule has 0 saturated heterocycles. The predicted octanol–water partition coefficient (Wildman–Crippen LogP) is 4.61. The van der Waals surface area contributed by atoms with Crippen molar-refractivity contribution in [2.24, 2.45) is 7.05 Å². The average molecular weight is 443 g/mol. The van der Waals surface area contributed by atoms with Crippen LogP contribution in [0.15, 0.2) is 64.7 Å². The Morgan fingerprint density at radius 2 is 2.03 bits per heavy atom. The Labute approximate surface area is 194 Å². The van der Waals surface area contributed by atoms with Gasteiger partial charge in [0.15, 0.2) is 0 Å². The van der Waals surface area contributed by atoms with E-state index in [1.54, 1.807) is 23.7 Å². The van der Waals surface area contributed by atoms with Crippen molar-refractivity contribution in [2.75, 3.05) is 6.54 Å². The number of phenolic OH excluding ortho intramolecular Hbond substituents is 1. The second-order valence-corrected chi connectivity index (χ2v) is 8.50. The Balaban J connectivity index is 1.66. The molecule has 0 bridgehead atoms. The highest BCUT2D eigenvalue weighted by Crippen LogP contribution is 2.32. The van der Waals surface area contributed by atoms with Gasteiger partial charge in [0.2, 0.25) is 0 Å². The first-order chi connectivity index (χ1) is 15.9. The minimum atomic E-state index is -0.0581. The highest BCUT2D eigenvalue weighted by atomic mass is 16.3. The van der Waals surface area contributed by atoms with Gasteiger partial charge >= 0.3 is 0 Å². The van der Waals surface area contributed by atoms with Crippen LogP contribution in [0.2, 0.25) is 0 Å². The molecule has 0 amide bonds. The zero-order chi connectivity index (χ0) is 23.5. The third kappa shape index (κ3) is 4.75. The number of benzene rings is 1. The van der Waals surface area contributed by atoms with Crippen LogP contribution in [0.1, 0.15) is 43.0 Å². The van der Waals surface area contributed by atoms with Gasteiger partial charge in [-0.3, -0.25) is 14.3 Å². The number of fused-ring (bicyclic) bond motifs is 1. The largest absolute Gasteiger partial charge is 0.507 e. The first-order valence-electron chi connectivity index (χ1n) is 11.3. The van der Waals surface area contributed by atoms with Crippen molar-refractivity contribution in [1.82, 2.24) is 19.4 Å². The molecule has 0 atom stereocenters. The fourth-order valence-corrected chi connectivity index (χ4v) is 4.30. The molecule has 0 fully saturated rings. The third-order valence-electron chi connectivity index (χ3n) is 6.04. The first kappa shape index (κ1) is 22.5. The second-order valence-electron chi connectivity index (χ2n) is 8.50. The molecule has 0 unspecified atom stereocenters. The van der Waals surface area contributed by atoms with E-state index in [1.165, 1.54) is 0 Å². The van der Waals surface area contributed by atoms with Gasteiger partial charge in [-0.1, -0.05) is 31.2 Å². The summed E-state index contributed by atoms with van der Waals surface area (Å²) in [5.41, 5.74) is 6.84. The van der Waals surface area contributed by atoms with Crippen LogP contribution in [0.4, 0.5) is 0 Å². The van der Waals surface area contributed by atoms with E-state index < -0.39 is 0 Å². The smallest absolute Gasteiger partial charge is 0.253 e. The van der Waals surface area contributed by atoms with Gasteiger partial charge in [0.1, 0.15) is 11.6 Å². The molecule has 1 N–H and O–H groups in total. The normalized spacial score (nSPS) is 14.4. The van der Waals surface area contributed by atoms with Gasteiger partial charge in [-0.25, -0.2) is 4.98 Å². The molecule has 3 aromatic rings. The molecule has 6 heteroatoms. The number of allylic oxidation sites excluding steroid dienone is 2. The molecule has 33 heavy (non-hydrogen) atoms. The SMILES string of the molecule is CC/C=C(/C(C)=C\c1nc(C)cc(=O)n1C)N1CCc2ncc(-c3ccccc3O)cc2C1. The summed E-state index contributed by atoms with van der Waals surface area (Å²) >= 11 is 0. The Morgan fingerprint density at radius 3 is 2.79 bits per heavy atom. The standard InChI is InChI=1S/C27H30N4O2/c1-5-8-24(18(2)13-26-29-19(3)14-27(33)30(26)4)31-12-11-23-21(17-31)15-20(16-28-23)22-9-6-7-10-25(22)32/h6-10,13-16,32H,5,11-12,17H2,1-4H3/b18-13-,24-8-. The van der Waals surface area contributed by atoms with E-state index in [0.29, 0.717) is 11.5 Å². The highest BCUT2D eigenvalue weighted by molar-refractivity contribution is 5.70. The molecule has 170 valence electrons. The van der Waals surface area contributed by atoms with E-state index in [1.807, 2.05) is 37.4 Å². The number of para-hydroxylation sites is 1.